The number of nitrogens with one attached hydrogen (secondary N) is 2. The Labute approximate surface area is 219 Å². The Morgan fingerprint density at radius 3 is 2.27 bits per heavy atom. The van der Waals surface area contributed by atoms with Crippen molar-refractivity contribution < 1.29 is 9.59 Å². The third kappa shape index (κ3) is 8.10. The van der Waals surface area contributed by atoms with Crippen molar-refractivity contribution in [1.29, 1.82) is 5.53 Å². The van der Waals surface area contributed by atoms with E-state index in [1.54, 1.807) is 12.1 Å². The Bertz CT molecular complexity index is 1110. The Balaban J connectivity index is 1.72. The third-order valence-electron chi connectivity index (χ3n) is 7.11. The van der Waals surface area contributed by atoms with Crippen LogP contribution >= 0.6 is 0 Å². The number of nitrogens with zero attached hydrogens (tertiary/aromatic N) is 3. The van der Waals surface area contributed by atoms with Gasteiger partial charge in [0.15, 0.2) is 0 Å². The lowest BCUT2D eigenvalue weighted by atomic mass is 9.71. The zero-order chi connectivity index (χ0) is 26.8. The standard InChI is InChI=1S/C29H38N6O2/c1-29(2,3)24-16-18-25(19-17-24)35(26(36)11-7-10-21-8-5-4-6-9-21)20-22-12-14-23(15-13-22)27(37)32-28(33-30)34-31/h4-10,12-15,24-25,30H,11,16-20,31H2,1-3H3,(H,32,34,37)/b10-7+,33-30?. The molecule has 0 radical (unpaired) electrons. The maximum Gasteiger partial charge on any atom is 0.265 e. The first kappa shape index (κ1) is 27.8. The largest absolute Gasteiger partial charge is 0.335 e. The molecule has 1 fully saturated rings. The van der Waals surface area contributed by atoms with Crippen LogP contribution in [-0.4, -0.2) is 28.7 Å². The summed E-state index contributed by atoms with van der Waals surface area (Å²) in [6, 6.07) is 17.3. The van der Waals surface area contributed by atoms with E-state index in [2.05, 4.69) is 36.3 Å². The van der Waals surface area contributed by atoms with Crippen molar-refractivity contribution in [3.63, 3.8) is 0 Å². The van der Waals surface area contributed by atoms with Crippen LogP contribution in [0.3, 0.4) is 0 Å². The van der Waals surface area contributed by atoms with Crippen molar-refractivity contribution >= 4 is 23.8 Å². The van der Waals surface area contributed by atoms with Crippen LogP contribution in [0.2, 0.25) is 0 Å². The second kappa shape index (κ2) is 12.9. The molecule has 37 heavy (non-hydrogen) atoms. The van der Waals surface area contributed by atoms with E-state index in [0.29, 0.717) is 24.4 Å². The Kier molecular flexibility index (Phi) is 9.71. The van der Waals surface area contributed by atoms with Gasteiger partial charge in [-0.1, -0.05) is 75.4 Å². The van der Waals surface area contributed by atoms with Crippen LogP contribution < -0.4 is 11.2 Å². The van der Waals surface area contributed by atoms with Crippen LogP contribution in [0.1, 0.15) is 74.4 Å². The SMILES string of the molecule is CC(C)(C)C1CCC(N(Cc2ccc(C(=O)N/C(N=N)=N/N)cc2)C(=O)C/C=C/c2ccccc2)CC1. The summed E-state index contributed by atoms with van der Waals surface area (Å²) in [6.45, 7) is 7.39. The van der Waals surface area contributed by atoms with Gasteiger partial charge in [-0.2, -0.15) is 0 Å². The fourth-order valence-corrected chi connectivity index (χ4v) is 4.87. The van der Waals surface area contributed by atoms with Gasteiger partial charge < -0.3 is 10.7 Å². The molecule has 0 bridgehead atoms. The Morgan fingerprint density at radius 1 is 1.05 bits per heavy atom. The van der Waals surface area contributed by atoms with Gasteiger partial charge in [0, 0.05) is 24.6 Å². The number of carbonyl (C=O) groups is 2. The minimum atomic E-state index is -0.453. The van der Waals surface area contributed by atoms with Gasteiger partial charge in [0.25, 0.3) is 11.9 Å². The lowest BCUT2D eigenvalue weighted by molar-refractivity contribution is -0.134. The molecular weight excluding hydrogens is 464 g/mol. The smallest absolute Gasteiger partial charge is 0.265 e. The molecule has 0 heterocycles. The lowest BCUT2D eigenvalue weighted by Gasteiger charge is -2.41. The van der Waals surface area contributed by atoms with Crippen LogP contribution in [0, 0.1) is 16.9 Å². The van der Waals surface area contributed by atoms with E-state index in [1.165, 1.54) is 0 Å². The molecule has 2 aromatic carbocycles. The number of benzene rings is 2. The molecule has 0 atom stereocenters. The van der Waals surface area contributed by atoms with E-state index in [4.69, 9.17) is 11.4 Å². The number of guanidine groups is 1. The van der Waals surface area contributed by atoms with Gasteiger partial charge in [-0.25, -0.2) is 5.53 Å². The number of rotatable bonds is 7. The van der Waals surface area contributed by atoms with Gasteiger partial charge in [0.05, 0.1) is 0 Å². The highest BCUT2D eigenvalue weighted by atomic mass is 16.2. The summed E-state index contributed by atoms with van der Waals surface area (Å²) in [5, 5.41) is 8.68. The highest BCUT2D eigenvalue weighted by Crippen LogP contribution is 2.39. The molecule has 1 saturated carbocycles. The summed E-state index contributed by atoms with van der Waals surface area (Å²) >= 11 is 0. The summed E-state index contributed by atoms with van der Waals surface area (Å²) in [4.78, 5) is 27.8. The summed E-state index contributed by atoms with van der Waals surface area (Å²) in [5.74, 6) is 5.16. The van der Waals surface area contributed by atoms with Crippen LogP contribution in [0.25, 0.3) is 6.08 Å². The van der Waals surface area contributed by atoms with Crippen LogP contribution in [0.15, 0.2) is 70.9 Å². The molecule has 2 aromatic rings. The molecule has 8 nitrogen and oxygen atoms in total. The normalized spacial score (nSPS) is 18.4. The minimum absolute atomic E-state index is 0.106. The molecule has 0 unspecified atom stereocenters. The molecule has 3 rings (SSSR count). The van der Waals surface area contributed by atoms with Crippen molar-refractivity contribution in [3.8, 4) is 0 Å². The predicted octanol–water partition coefficient (Wildman–Crippen LogP) is 5.71. The van der Waals surface area contributed by atoms with E-state index in [0.717, 1.165) is 36.8 Å². The molecule has 2 amide bonds. The van der Waals surface area contributed by atoms with Crippen LogP contribution in [0.5, 0.6) is 0 Å². The van der Waals surface area contributed by atoms with E-state index < -0.39 is 5.91 Å². The van der Waals surface area contributed by atoms with Gasteiger partial charge >= 0.3 is 0 Å². The fraction of sp³-hybridized carbons (Fsp3) is 0.414. The monoisotopic (exact) mass is 502 g/mol. The maximum atomic E-state index is 13.4. The molecule has 4 N–H and O–H groups in total. The van der Waals surface area contributed by atoms with E-state index in [9.17, 15) is 9.59 Å². The van der Waals surface area contributed by atoms with Gasteiger partial charge in [-0.05, 0) is 60.3 Å². The molecule has 0 spiro atoms. The number of nitrogens with two attached hydrogens (primary N) is 1. The quantitative estimate of drug-likeness (QED) is 0.148. The van der Waals surface area contributed by atoms with Gasteiger partial charge in [0.2, 0.25) is 5.91 Å². The number of hydrazone groups is 1. The zero-order valence-electron chi connectivity index (χ0n) is 22.0. The fourth-order valence-electron chi connectivity index (χ4n) is 4.87. The topological polar surface area (TPSA) is 124 Å². The first-order valence-corrected chi connectivity index (χ1v) is 12.8. The van der Waals surface area contributed by atoms with Crippen molar-refractivity contribution in [3.05, 3.63) is 77.4 Å². The lowest BCUT2D eigenvalue weighted by Crippen LogP contribution is -2.43. The van der Waals surface area contributed by atoms with Crippen molar-refractivity contribution in [2.75, 3.05) is 0 Å². The van der Waals surface area contributed by atoms with Crippen molar-refractivity contribution in [2.24, 2.45) is 27.4 Å². The molecule has 196 valence electrons. The second-order valence-corrected chi connectivity index (χ2v) is 10.6. The van der Waals surface area contributed by atoms with E-state index in [-0.39, 0.29) is 23.3 Å². The van der Waals surface area contributed by atoms with E-state index in [1.807, 2.05) is 59.5 Å². The Hall–Kier alpha value is -3.81. The predicted molar refractivity (Wildman–Crippen MR) is 147 cm³/mol. The summed E-state index contributed by atoms with van der Waals surface area (Å²) in [5.41, 5.74) is 9.65. The average molecular weight is 503 g/mol. The first-order valence-electron chi connectivity index (χ1n) is 12.8. The summed E-state index contributed by atoms with van der Waals surface area (Å²) in [6.07, 6.45) is 8.48. The number of hydrogen-bond acceptors (Lipinski definition) is 5. The minimum Gasteiger partial charge on any atom is -0.335 e. The second-order valence-electron chi connectivity index (χ2n) is 10.6. The average Bonchev–Trinajstić information content (AvgIpc) is 2.90. The number of hydrogen-bond donors (Lipinski definition) is 3. The first-order chi connectivity index (χ1) is 17.7. The Morgan fingerprint density at radius 2 is 1.70 bits per heavy atom. The van der Waals surface area contributed by atoms with Crippen LogP contribution in [-0.2, 0) is 11.3 Å². The van der Waals surface area contributed by atoms with Crippen LogP contribution in [0.4, 0.5) is 0 Å². The molecule has 1 aliphatic rings. The maximum absolute atomic E-state index is 13.4. The van der Waals surface area contributed by atoms with Gasteiger partial charge in [-0.15, -0.1) is 10.2 Å². The molecule has 0 aliphatic heterocycles. The molecule has 8 heteroatoms. The van der Waals surface area contributed by atoms with Gasteiger partial charge in [-0.3, -0.25) is 14.9 Å². The number of carbonyl (C=O) groups excluding carboxylic acids is 2. The summed E-state index contributed by atoms with van der Waals surface area (Å²) < 4.78 is 0. The van der Waals surface area contributed by atoms with E-state index >= 15 is 0 Å². The highest BCUT2D eigenvalue weighted by molar-refractivity contribution is 6.05. The summed E-state index contributed by atoms with van der Waals surface area (Å²) in [7, 11) is 0. The van der Waals surface area contributed by atoms with Gasteiger partial charge in [0.1, 0.15) is 0 Å². The number of amides is 2. The molecule has 0 saturated heterocycles. The third-order valence-corrected chi connectivity index (χ3v) is 7.11. The van der Waals surface area contributed by atoms with Crippen molar-refractivity contribution in [2.45, 2.75) is 65.5 Å². The zero-order valence-corrected chi connectivity index (χ0v) is 22.0. The molecular formula is C29H38N6O2. The molecule has 1 aliphatic carbocycles. The highest BCUT2D eigenvalue weighted by Gasteiger charge is 2.33. The molecule has 0 aromatic heterocycles. The van der Waals surface area contributed by atoms with Crippen molar-refractivity contribution in [1.82, 2.24) is 10.2 Å².